The number of rotatable bonds is 2. The standard InChI is InChI=1S/C11H10FNO2/c12-9-1-2-10-8(6-13-7-14)3-4-15-11(10)5-9/h1-2,5,8H,3-4,6H2. The minimum atomic E-state index is -0.312. The van der Waals surface area contributed by atoms with Crippen molar-refractivity contribution < 1.29 is 13.9 Å². The van der Waals surface area contributed by atoms with E-state index in [2.05, 4.69) is 4.99 Å². The quantitative estimate of drug-likeness (QED) is 0.549. The van der Waals surface area contributed by atoms with Crippen LogP contribution in [0, 0.1) is 5.82 Å². The highest BCUT2D eigenvalue weighted by Crippen LogP contribution is 2.34. The van der Waals surface area contributed by atoms with E-state index in [1.165, 1.54) is 18.2 Å². The second-order valence-electron chi connectivity index (χ2n) is 3.45. The molecule has 0 N–H and O–H groups in total. The molecule has 1 aromatic rings. The first-order valence-electron chi connectivity index (χ1n) is 4.77. The Morgan fingerprint density at radius 2 is 2.47 bits per heavy atom. The fraction of sp³-hybridized carbons (Fsp3) is 0.364. The second-order valence-corrected chi connectivity index (χ2v) is 3.45. The summed E-state index contributed by atoms with van der Waals surface area (Å²) < 4.78 is 18.2. The van der Waals surface area contributed by atoms with Gasteiger partial charge < -0.3 is 4.74 Å². The number of ether oxygens (including phenoxy) is 1. The van der Waals surface area contributed by atoms with Gasteiger partial charge in [-0.1, -0.05) is 6.07 Å². The molecule has 0 saturated heterocycles. The summed E-state index contributed by atoms with van der Waals surface area (Å²) in [5, 5.41) is 0. The number of hydrogen-bond acceptors (Lipinski definition) is 3. The highest BCUT2D eigenvalue weighted by atomic mass is 19.1. The molecule has 0 spiro atoms. The Balaban J connectivity index is 2.29. The molecule has 0 bridgehead atoms. The first kappa shape index (κ1) is 9.87. The SMILES string of the molecule is O=C=NCC1CCOc2cc(F)ccc21. The monoisotopic (exact) mass is 207 g/mol. The summed E-state index contributed by atoms with van der Waals surface area (Å²) in [5.41, 5.74) is 0.918. The molecule has 0 aliphatic carbocycles. The molecule has 0 saturated carbocycles. The number of carbonyl (C=O) groups excluding carboxylic acids is 1. The molecule has 4 heteroatoms. The zero-order chi connectivity index (χ0) is 10.7. The summed E-state index contributed by atoms with van der Waals surface area (Å²) in [7, 11) is 0. The van der Waals surface area contributed by atoms with Gasteiger partial charge in [-0.3, -0.25) is 0 Å². The minimum absolute atomic E-state index is 0.135. The molecule has 78 valence electrons. The van der Waals surface area contributed by atoms with Gasteiger partial charge in [-0.15, -0.1) is 0 Å². The van der Waals surface area contributed by atoms with Gasteiger partial charge in [0, 0.05) is 12.0 Å². The molecule has 15 heavy (non-hydrogen) atoms. The number of halogens is 1. The maximum absolute atomic E-state index is 12.9. The first-order chi connectivity index (χ1) is 7.31. The third-order valence-corrected chi connectivity index (χ3v) is 2.52. The van der Waals surface area contributed by atoms with Crippen LogP contribution in [0.1, 0.15) is 17.9 Å². The van der Waals surface area contributed by atoms with E-state index in [1.807, 2.05) is 0 Å². The van der Waals surface area contributed by atoms with Gasteiger partial charge in [-0.2, -0.15) is 0 Å². The van der Waals surface area contributed by atoms with Gasteiger partial charge in [0.2, 0.25) is 6.08 Å². The maximum Gasteiger partial charge on any atom is 0.234 e. The van der Waals surface area contributed by atoms with Crippen LogP contribution in [0.15, 0.2) is 23.2 Å². The smallest absolute Gasteiger partial charge is 0.234 e. The van der Waals surface area contributed by atoms with E-state index in [0.717, 1.165) is 12.0 Å². The largest absolute Gasteiger partial charge is 0.493 e. The number of hydrogen-bond donors (Lipinski definition) is 0. The Morgan fingerprint density at radius 3 is 3.27 bits per heavy atom. The van der Waals surface area contributed by atoms with Crippen LogP contribution in [0.25, 0.3) is 0 Å². The van der Waals surface area contributed by atoms with Gasteiger partial charge in [0.15, 0.2) is 0 Å². The van der Waals surface area contributed by atoms with E-state index >= 15 is 0 Å². The molecule has 1 aromatic carbocycles. The zero-order valence-corrected chi connectivity index (χ0v) is 8.07. The lowest BCUT2D eigenvalue weighted by molar-refractivity contribution is 0.267. The predicted octanol–water partition coefficient (Wildman–Crippen LogP) is 2.03. The Kier molecular flexibility index (Phi) is 2.79. The molecular formula is C11H10FNO2. The van der Waals surface area contributed by atoms with Crippen molar-refractivity contribution in [1.82, 2.24) is 0 Å². The van der Waals surface area contributed by atoms with E-state index in [-0.39, 0.29) is 11.7 Å². The Morgan fingerprint density at radius 1 is 1.60 bits per heavy atom. The number of aliphatic imine (C=N–C) groups is 1. The molecule has 1 aliphatic rings. The van der Waals surface area contributed by atoms with E-state index < -0.39 is 0 Å². The van der Waals surface area contributed by atoms with Crippen molar-refractivity contribution in [2.75, 3.05) is 13.2 Å². The van der Waals surface area contributed by atoms with Gasteiger partial charge in [0.25, 0.3) is 0 Å². The normalized spacial score (nSPS) is 18.6. The summed E-state index contributed by atoms with van der Waals surface area (Å²) in [6, 6.07) is 4.45. The molecular weight excluding hydrogens is 197 g/mol. The summed E-state index contributed by atoms with van der Waals surface area (Å²) >= 11 is 0. The molecule has 0 radical (unpaired) electrons. The van der Waals surface area contributed by atoms with Crippen LogP contribution in [-0.4, -0.2) is 19.2 Å². The topological polar surface area (TPSA) is 38.7 Å². The van der Waals surface area contributed by atoms with Crippen molar-refractivity contribution in [2.24, 2.45) is 4.99 Å². The van der Waals surface area contributed by atoms with Gasteiger partial charge in [0.05, 0.1) is 13.2 Å². The fourth-order valence-electron chi connectivity index (χ4n) is 1.77. The molecule has 3 nitrogen and oxygen atoms in total. The number of isocyanates is 1. The van der Waals surface area contributed by atoms with Crippen LogP contribution in [0.5, 0.6) is 5.75 Å². The average Bonchev–Trinajstić information content (AvgIpc) is 2.25. The Bertz CT molecular complexity index is 413. The molecule has 1 aliphatic heterocycles. The molecule has 1 heterocycles. The molecule has 1 atom stereocenters. The van der Waals surface area contributed by atoms with Crippen molar-refractivity contribution in [3.05, 3.63) is 29.6 Å². The third kappa shape index (κ3) is 2.05. The molecule has 0 amide bonds. The van der Waals surface area contributed by atoms with Crippen LogP contribution in [0.3, 0.4) is 0 Å². The lowest BCUT2D eigenvalue weighted by Gasteiger charge is -2.24. The Labute approximate surface area is 86.6 Å². The lowest BCUT2D eigenvalue weighted by Crippen LogP contribution is -2.16. The average molecular weight is 207 g/mol. The van der Waals surface area contributed by atoms with Gasteiger partial charge >= 0.3 is 0 Å². The third-order valence-electron chi connectivity index (χ3n) is 2.52. The van der Waals surface area contributed by atoms with Crippen molar-refractivity contribution >= 4 is 6.08 Å². The highest BCUT2D eigenvalue weighted by Gasteiger charge is 2.21. The van der Waals surface area contributed by atoms with Crippen LogP contribution >= 0.6 is 0 Å². The zero-order valence-electron chi connectivity index (χ0n) is 8.07. The Hall–Kier alpha value is -1.67. The second kappa shape index (κ2) is 4.24. The minimum Gasteiger partial charge on any atom is -0.493 e. The summed E-state index contributed by atoms with van der Waals surface area (Å²) in [6.07, 6.45) is 2.31. The molecule has 0 aromatic heterocycles. The fourth-order valence-corrected chi connectivity index (χ4v) is 1.77. The lowest BCUT2D eigenvalue weighted by atomic mass is 9.93. The highest BCUT2D eigenvalue weighted by molar-refractivity contribution is 5.39. The van der Waals surface area contributed by atoms with E-state index in [0.29, 0.717) is 18.9 Å². The first-order valence-corrected chi connectivity index (χ1v) is 4.77. The van der Waals surface area contributed by atoms with Crippen molar-refractivity contribution in [2.45, 2.75) is 12.3 Å². The van der Waals surface area contributed by atoms with Crippen molar-refractivity contribution in [3.8, 4) is 5.75 Å². The van der Waals surface area contributed by atoms with Crippen LogP contribution in [0.4, 0.5) is 4.39 Å². The number of nitrogens with zero attached hydrogens (tertiary/aromatic N) is 1. The van der Waals surface area contributed by atoms with Crippen molar-refractivity contribution in [1.29, 1.82) is 0 Å². The van der Waals surface area contributed by atoms with Crippen LogP contribution < -0.4 is 4.74 Å². The van der Waals surface area contributed by atoms with Crippen LogP contribution in [-0.2, 0) is 4.79 Å². The van der Waals surface area contributed by atoms with Crippen LogP contribution in [0.2, 0.25) is 0 Å². The number of fused-ring (bicyclic) bond motifs is 1. The van der Waals surface area contributed by atoms with Gasteiger partial charge in [-0.25, -0.2) is 14.2 Å². The predicted molar refractivity (Wildman–Crippen MR) is 52.2 cm³/mol. The summed E-state index contributed by atoms with van der Waals surface area (Å²) in [4.78, 5) is 13.6. The summed E-state index contributed by atoms with van der Waals surface area (Å²) in [5.74, 6) is 0.386. The van der Waals surface area contributed by atoms with Gasteiger partial charge in [-0.05, 0) is 18.1 Å². The summed E-state index contributed by atoms with van der Waals surface area (Å²) in [6.45, 7) is 0.932. The number of benzene rings is 1. The molecule has 1 unspecified atom stereocenters. The molecule has 0 fully saturated rings. The van der Waals surface area contributed by atoms with E-state index in [1.54, 1.807) is 6.07 Å². The van der Waals surface area contributed by atoms with E-state index in [4.69, 9.17) is 4.74 Å². The molecule has 2 rings (SSSR count). The maximum atomic E-state index is 12.9. The van der Waals surface area contributed by atoms with Crippen molar-refractivity contribution in [3.63, 3.8) is 0 Å². The van der Waals surface area contributed by atoms with E-state index in [9.17, 15) is 9.18 Å². The van der Waals surface area contributed by atoms with Gasteiger partial charge in [0.1, 0.15) is 11.6 Å².